The molecule has 0 unspecified atom stereocenters. The van der Waals surface area contributed by atoms with Crippen LogP contribution < -0.4 is 11.1 Å². The van der Waals surface area contributed by atoms with Crippen LogP contribution in [-0.2, 0) is 20.1 Å². The second kappa shape index (κ2) is 13.2. The van der Waals surface area contributed by atoms with E-state index in [2.05, 4.69) is 30.0 Å². The standard InChI is InChI=1S/C43H28F2N10O2/c1-52-22-33-31(3-2-4-36(33)51-52)26-5-7-28(34(44)13-26)21-54-23-49-37-15-30(17-48-41(37)43(54)57)25-10-12-55-39(19-47-40(55)16-25)27-6-8-29(35(45)14-27)20-53-24-50-38-18-46-11-9-32(38)42(53)56/h2-19,22-24H,20-21H2,1H3. The van der Waals surface area contributed by atoms with Gasteiger partial charge in [-0.3, -0.25) is 32.8 Å². The first-order valence-corrected chi connectivity index (χ1v) is 17.9. The second-order valence-corrected chi connectivity index (χ2v) is 13.8. The second-order valence-electron chi connectivity index (χ2n) is 13.8. The average molecular weight is 755 g/mol. The van der Waals surface area contributed by atoms with Crippen LogP contribution in [0.15, 0.2) is 138 Å². The van der Waals surface area contributed by atoms with Crippen molar-refractivity contribution in [2.24, 2.45) is 7.05 Å². The molecule has 0 saturated heterocycles. The molecule has 0 aliphatic rings. The maximum Gasteiger partial charge on any atom is 0.280 e. The normalized spacial score (nSPS) is 11.7. The van der Waals surface area contributed by atoms with Crippen LogP contribution in [0.25, 0.3) is 72.0 Å². The summed E-state index contributed by atoms with van der Waals surface area (Å²) < 4.78 is 37.2. The third-order valence-electron chi connectivity index (χ3n) is 10.2. The zero-order valence-electron chi connectivity index (χ0n) is 30.1. The Hall–Kier alpha value is -7.74. The molecule has 7 aromatic heterocycles. The fourth-order valence-corrected chi connectivity index (χ4v) is 7.26. The minimum Gasteiger partial charge on any atom is -0.300 e. The van der Waals surface area contributed by atoms with Crippen molar-refractivity contribution in [1.29, 1.82) is 0 Å². The first-order valence-electron chi connectivity index (χ1n) is 17.9. The number of halogens is 2. The number of aromatic nitrogens is 10. The molecule has 0 radical (unpaired) electrons. The van der Waals surface area contributed by atoms with E-state index in [-0.39, 0.29) is 29.7 Å². The Bertz CT molecular complexity index is 3370. The quantitative estimate of drug-likeness (QED) is 0.174. The summed E-state index contributed by atoms with van der Waals surface area (Å²) in [5.41, 5.74) is 6.87. The van der Waals surface area contributed by atoms with E-state index in [1.165, 1.54) is 46.3 Å². The van der Waals surface area contributed by atoms with Gasteiger partial charge in [0.25, 0.3) is 11.1 Å². The summed E-state index contributed by atoms with van der Waals surface area (Å²) in [6, 6.07) is 22.7. The maximum absolute atomic E-state index is 15.5. The molecule has 276 valence electrons. The van der Waals surface area contributed by atoms with E-state index in [4.69, 9.17) is 0 Å². The maximum atomic E-state index is 15.5. The van der Waals surface area contributed by atoms with Gasteiger partial charge in [0.05, 0.1) is 65.8 Å². The van der Waals surface area contributed by atoms with Crippen LogP contribution in [-0.4, -0.2) is 48.2 Å². The molecule has 0 aliphatic heterocycles. The molecule has 10 rings (SSSR count). The summed E-state index contributed by atoms with van der Waals surface area (Å²) in [6.45, 7) is 0.00703. The van der Waals surface area contributed by atoms with Gasteiger partial charge in [0.15, 0.2) is 5.52 Å². The molecular weight excluding hydrogens is 727 g/mol. The van der Waals surface area contributed by atoms with Crippen molar-refractivity contribution in [3.05, 3.63) is 172 Å². The van der Waals surface area contributed by atoms with E-state index < -0.39 is 11.6 Å². The van der Waals surface area contributed by atoms with Crippen LogP contribution in [0.1, 0.15) is 11.1 Å². The number of benzene rings is 3. The molecule has 57 heavy (non-hydrogen) atoms. The molecule has 0 amide bonds. The molecule has 7 heterocycles. The Morgan fingerprint density at radius 1 is 0.632 bits per heavy atom. The zero-order chi connectivity index (χ0) is 38.8. The van der Waals surface area contributed by atoms with Gasteiger partial charge in [0.2, 0.25) is 0 Å². The van der Waals surface area contributed by atoms with Gasteiger partial charge < -0.3 is 0 Å². The monoisotopic (exact) mass is 754 g/mol. The van der Waals surface area contributed by atoms with Crippen LogP contribution in [0, 0.1) is 11.6 Å². The number of imidazole rings is 1. The van der Waals surface area contributed by atoms with E-state index in [9.17, 15) is 9.59 Å². The number of fused-ring (bicyclic) bond motifs is 4. The van der Waals surface area contributed by atoms with Gasteiger partial charge >= 0.3 is 0 Å². The molecule has 0 bridgehead atoms. The molecule has 0 saturated carbocycles. The van der Waals surface area contributed by atoms with Crippen molar-refractivity contribution in [2.75, 3.05) is 0 Å². The van der Waals surface area contributed by atoms with Crippen molar-refractivity contribution in [2.45, 2.75) is 13.1 Å². The molecule has 12 nitrogen and oxygen atoms in total. The molecule has 0 spiro atoms. The summed E-state index contributed by atoms with van der Waals surface area (Å²) >= 11 is 0. The van der Waals surface area contributed by atoms with Gasteiger partial charge in [-0.05, 0) is 59.2 Å². The number of pyridine rings is 3. The Balaban J connectivity index is 0.886. The molecule has 0 fully saturated rings. The Labute approximate surface area is 320 Å². The van der Waals surface area contributed by atoms with Crippen molar-refractivity contribution < 1.29 is 8.78 Å². The highest BCUT2D eigenvalue weighted by Crippen LogP contribution is 2.30. The predicted octanol–water partition coefficient (Wildman–Crippen LogP) is 6.81. The molecule has 0 atom stereocenters. The number of hydrogen-bond donors (Lipinski definition) is 0. The third-order valence-corrected chi connectivity index (χ3v) is 10.2. The molecule has 0 N–H and O–H groups in total. The lowest BCUT2D eigenvalue weighted by molar-refractivity contribution is 0.595. The molecular formula is C43H28F2N10O2. The summed E-state index contributed by atoms with van der Waals surface area (Å²) in [5, 5.41) is 5.78. The van der Waals surface area contributed by atoms with Gasteiger partial charge in [-0.1, -0.05) is 36.4 Å². The highest BCUT2D eigenvalue weighted by atomic mass is 19.1. The van der Waals surface area contributed by atoms with Crippen molar-refractivity contribution in [3.8, 4) is 33.5 Å². The highest BCUT2D eigenvalue weighted by Gasteiger charge is 2.15. The zero-order valence-corrected chi connectivity index (χ0v) is 30.1. The van der Waals surface area contributed by atoms with Gasteiger partial charge in [-0.15, -0.1) is 0 Å². The summed E-state index contributed by atoms with van der Waals surface area (Å²) in [7, 11) is 1.85. The van der Waals surface area contributed by atoms with Crippen molar-refractivity contribution in [1.82, 2.24) is 48.2 Å². The first kappa shape index (κ1) is 33.8. The van der Waals surface area contributed by atoms with E-state index in [0.717, 1.165) is 27.6 Å². The Kier molecular flexibility index (Phi) is 7.85. The highest BCUT2D eigenvalue weighted by molar-refractivity contribution is 5.94. The lowest BCUT2D eigenvalue weighted by atomic mass is 10.0. The van der Waals surface area contributed by atoms with Crippen LogP contribution >= 0.6 is 0 Å². The Morgan fingerprint density at radius 2 is 1.39 bits per heavy atom. The summed E-state index contributed by atoms with van der Waals surface area (Å²) in [5.74, 6) is -0.901. The summed E-state index contributed by atoms with van der Waals surface area (Å²) in [6.07, 6.45) is 12.8. The SMILES string of the molecule is Cn1cc2c(-c3ccc(Cn4cnc5cc(-c6ccn7c(-c8ccc(Cn9cnc%10cnccc%10c9=O)c(F)c8)cnc7c6)cnc5c4=O)c(F)c3)cccc2n1. The minimum atomic E-state index is -0.465. The topological polar surface area (TPSA) is 131 Å². The minimum absolute atomic E-state index is 0.0139. The Morgan fingerprint density at radius 3 is 2.19 bits per heavy atom. The van der Waals surface area contributed by atoms with Crippen LogP contribution in [0.4, 0.5) is 8.78 Å². The molecule has 3 aromatic carbocycles. The fraction of sp³-hybridized carbons (Fsp3) is 0.0698. The number of nitrogens with zero attached hydrogens (tertiary/aromatic N) is 10. The lowest BCUT2D eigenvalue weighted by Crippen LogP contribution is -2.22. The lowest BCUT2D eigenvalue weighted by Gasteiger charge is -2.11. The van der Waals surface area contributed by atoms with Crippen LogP contribution in [0.3, 0.4) is 0 Å². The van der Waals surface area contributed by atoms with Crippen LogP contribution in [0.5, 0.6) is 0 Å². The van der Waals surface area contributed by atoms with Crippen LogP contribution in [0.2, 0.25) is 0 Å². The van der Waals surface area contributed by atoms with E-state index in [1.54, 1.807) is 47.4 Å². The van der Waals surface area contributed by atoms with Gasteiger partial charge in [-0.25, -0.2) is 28.7 Å². The average Bonchev–Trinajstić information content (AvgIpc) is 3.84. The van der Waals surface area contributed by atoms with E-state index in [0.29, 0.717) is 50.0 Å². The summed E-state index contributed by atoms with van der Waals surface area (Å²) in [4.78, 5) is 48.3. The fourth-order valence-electron chi connectivity index (χ4n) is 7.26. The smallest absolute Gasteiger partial charge is 0.280 e. The van der Waals surface area contributed by atoms with Crippen molar-refractivity contribution >= 4 is 38.5 Å². The molecule has 14 heteroatoms. The van der Waals surface area contributed by atoms with Gasteiger partial charge in [0, 0.05) is 59.5 Å². The van der Waals surface area contributed by atoms with Gasteiger partial charge in [-0.2, -0.15) is 5.10 Å². The number of aryl methyl sites for hydroxylation is 1. The van der Waals surface area contributed by atoms with Crippen molar-refractivity contribution in [3.63, 3.8) is 0 Å². The largest absolute Gasteiger partial charge is 0.300 e. The molecule has 10 aromatic rings. The number of rotatable bonds is 7. The van der Waals surface area contributed by atoms with E-state index >= 15 is 8.78 Å². The number of hydrogen-bond acceptors (Lipinski definition) is 8. The van der Waals surface area contributed by atoms with E-state index in [1.807, 2.05) is 60.2 Å². The first-order chi connectivity index (χ1) is 27.8. The predicted molar refractivity (Wildman–Crippen MR) is 211 cm³/mol. The molecule has 0 aliphatic carbocycles. The van der Waals surface area contributed by atoms with Gasteiger partial charge in [0.1, 0.15) is 17.3 Å². The third kappa shape index (κ3) is 5.90.